The lowest BCUT2D eigenvalue weighted by Gasteiger charge is -2.29. The van der Waals surface area contributed by atoms with E-state index in [1.165, 1.54) is 11.1 Å². The molecular formula is C17H16N2O. The summed E-state index contributed by atoms with van der Waals surface area (Å²) in [5.41, 5.74) is 3.92. The molecule has 1 amide bonds. The Hall–Kier alpha value is -2.16. The standard InChI is InChI=1S/C17H16N2O/c20-16-17(19-11-18-16)14-7-3-1-5-12(14)9-10-13-6-2-4-8-15(13)17/h1,3-5,7-8,11H,2,6,9-10H2,(H,18,19,20). The lowest BCUT2D eigenvalue weighted by molar-refractivity contribution is -0.122. The smallest absolute Gasteiger partial charge is 0.262 e. The molecule has 1 atom stereocenters. The second kappa shape index (κ2) is 4.17. The fraction of sp³-hybridized carbons (Fsp3) is 0.294. The van der Waals surface area contributed by atoms with Crippen molar-refractivity contribution in [3.05, 3.63) is 58.7 Å². The van der Waals surface area contributed by atoms with Crippen LogP contribution in [-0.2, 0) is 16.8 Å². The normalized spacial score (nSPS) is 27.3. The third-order valence-electron chi connectivity index (χ3n) is 4.55. The summed E-state index contributed by atoms with van der Waals surface area (Å²) in [6, 6.07) is 8.22. The number of aryl methyl sites for hydroxylation is 1. The van der Waals surface area contributed by atoms with Crippen molar-refractivity contribution in [3.63, 3.8) is 0 Å². The second-order valence-electron chi connectivity index (χ2n) is 5.56. The highest BCUT2D eigenvalue weighted by atomic mass is 16.2. The number of allylic oxidation sites excluding steroid dienone is 2. The number of rotatable bonds is 0. The molecule has 100 valence electrons. The summed E-state index contributed by atoms with van der Waals surface area (Å²) in [6.45, 7) is 0. The summed E-state index contributed by atoms with van der Waals surface area (Å²) < 4.78 is 0. The summed E-state index contributed by atoms with van der Waals surface area (Å²) in [5.74, 6) is -0.0223. The molecule has 0 radical (unpaired) electrons. The van der Waals surface area contributed by atoms with Gasteiger partial charge in [-0.3, -0.25) is 4.79 Å². The van der Waals surface area contributed by atoms with E-state index in [1.54, 1.807) is 6.34 Å². The van der Waals surface area contributed by atoms with Gasteiger partial charge in [0.2, 0.25) is 0 Å². The zero-order valence-corrected chi connectivity index (χ0v) is 11.2. The van der Waals surface area contributed by atoms with E-state index in [1.807, 2.05) is 12.1 Å². The molecule has 0 aromatic heterocycles. The number of aliphatic imine (C=N–C) groups is 1. The van der Waals surface area contributed by atoms with Crippen molar-refractivity contribution in [2.45, 2.75) is 31.2 Å². The number of amides is 1. The molecule has 0 fully saturated rings. The number of nitrogens with zero attached hydrogens (tertiary/aromatic N) is 1. The minimum Gasteiger partial charge on any atom is -0.314 e. The predicted octanol–water partition coefficient (Wildman–Crippen LogP) is 2.63. The minimum atomic E-state index is -0.848. The van der Waals surface area contributed by atoms with E-state index >= 15 is 0 Å². The van der Waals surface area contributed by atoms with E-state index in [4.69, 9.17) is 0 Å². The first-order valence-corrected chi connectivity index (χ1v) is 7.14. The average molecular weight is 264 g/mol. The highest BCUT2D eigenvalue weighted by molar-refractivity contribution is 6.04. The molecule has 1 spiro atoms. The molecule has 1 aliphatic heterocycles. The van der Waals surface area contributed by atoms with Gasteiger partial charge in [-0.15, -0.1) is 0 Å². The van der Waals surface area contributed by atoms with Crippen molar-refractivity contribution < 1.29 is 4.79 Å². The number of carbonyl (C=O) groups is 1. The maximum absolute atomic E-state index is 12.6. The van der Waals surface area contributed by atoms with Crippen molar-refractivity contribution in [2.24, 2.45) is 4.99 Å². The van der Waals surface area contributed by atoms with Crippen LogP contribution in [0.4, 0.5) is 0 Å². The molecule has 3 heteroatoms. The fourth-order valence-electron chi connectivity index (χ4n) is 3.60. The molecule has 0 saturated heterocycles. The number of fused-ring (bicyclic) bond motifs is 3. The highest BCUT2D eigenvalue weighted by Gasteiger charge is 2.48. The first kappa shape index (κ1) is 11.6. The molecule has 4 rings (SSSR count). The summed E-state index contributed by atoms with van der Waals surface area (Å²) in [4.78, 5) is 17.2. The topological polar surface area (TPSA) is 41.5 Å². The Labute approximate surface area is 118 Å². The molecule has 3 aliphatic rings. The lowest BCUT2D eigenvalue weighted by Crippen LogP contribution is -2.38. The quantitative estimate of drug-likeness (QED) is 0.769. The summed E-state index contributed by atoms with van der Waals surface area (Å²) in [7, 11) is 0. The first-order chi connectivity index (χ1) is 9.82. The highest BCUT2D eigenvalue weighted by Crippen LogP contribution is 2.45. The largest absolute Gasteiger partial charge is 0.314 e. The second-order valence-corrected chi connectivity index (χ2v) is 5.56. The number of hydrogen-bond acceptors (Lipinski definition) is 2. The van der Waals surface area contributed by atoms with Gasteiger partial charge in [0.05, 0.1) is 6.34 Å². The fourth-order valence-corrected chi connectivity index (χ4v) is 3.60. The molecule has 20 heavy (non-hydrogen) atoms. The van der Waals surface area contributed by atoms with Crippen LogP contribution < -0.4 is 5.32 Å². The van der Waals surface area contributed by atoms with Gasteiger partial charge in [-0.25, -0.2) is 4.99 Å². The van der Waals surface area contributed by atoms with Crippen molar-refractivity contribution in [2.75, 3.05) is 0 Å². The van der Waals surface area contributed by atoms with Gasteiger partial charge in [-0.1, -0.05) is 42.0 Å². The lowest BCUT2D eigenvalue weighted by atomic mass is 9.78. The van der Waals surface area contributed by atoms with E-state index in [0.29, 0.717) is 0 Å². The van der Waals surface area contributed by atoms with Crippen molar-refractivity contribution in [3.8, 4) is 0 Å². The van der Waals surface area contributed by atoms with E-state index in [-0.39, 0.29) is 5.91 Å². The molecule has 1 unspecified atom stereocenters. The first-order valence-electron chi connectivity index (χ1n) is 7.14. The Morgan fingerprint density at radius 2 is 2.05 bits per heavy atom. The van der Waals surface area contributed by atoms with Gasteiger partial charge in [-0.05, 0) is 42.4 Å². The van der Waals surface area contributed by atoms with Gasteiger partial charge in [0.25, 0.3) is 5.91 Å². The molecular weight excluding hydrogens is 248 g/mol. The zero-order valence-electron chi connectivity index (χ0n) is 11.2. The van der Waals surface area contributed by atoms with Crippen molar-refractivity contribution in [1.29, 1.82) is 0 Å². The van der Waals surface area contributed by atoms with Gasteiger partial charge in [0.1, 0.15) is 0 Å². The van der Waals surface area contributed by atoms with E-state index in [0.717, 1.165) is 36.8 Å². The van der Waals surface area contributed by atoms with Gasteiger partial charge < -0.3 is 5.32 Å². The van der Waals surface area contributed by atoms with Crippen molar-refractivity contribution in [1.82, 2.24) is 5.32 Å². The van der Waals surface area contributed by atoms with Crippen LogP contribution >= 0.6 is 0 Å². The number of hydrogen-bond donors (Lipinski definition) is 1. The van der Waals surface area contributed by atoms with Crippen LogP contribution in [0.25, 0.3) is 0 Å². The van der Waals surface area contributed by atoms with Crippen LogP contribution in [0.15, 0.2) is 52.6 Å². The van der Waals surface area contributed by atoms with Gasteiger partial charge in [-0.2, -0.15) is 0 Å². The van der Waals surface area contributed by atoms with Crippen LogP contribution in [-0.4, -0.2) is 12.2 Å². The van der Waals surface area contributed by atoms with Gasteiger partial charge >= 0.3 is 0 Å². The SMILES string of the molecule is O=C1NC=NC12C1=C(CCC=C1)CCc1ccccc12. The molecule has 3 nitrogen and oxygen atoms in total. The minimum absolute atomic E-state index is 0.0223. The van der Waals surface area contributed by atoms with E-state index < -0.39 is 5.54 Å². The van der Waals surface area contributed by atoms with Crippen LogP contribution in [0, 0.1) is 0 Å². The maximum Gasteiger partial charge on any atom is 0.262 e. The summed E-state index contributed by atoms with van der Waals surface area (Å²) in [6.07, 6.45) is 9.96. The molecule has 0 saturated carbocycles. The number of benzene rings is 1. The Morgan fingerprint density at radius 1 is 1.15 bits per heavy atom. The van der Waals surface area contributed by atoms with Gasteiger partial charge in [0, 0.05) is 0 Å². The number of carbonyl (C=O) groups excluding carboxylic acids is 1. The third-order valence-corrected chi connectivity index (χ3v) is 4.55. The zero-order chi connectivity index (χ0) is 13.6. The van der Waals surface area contributed by atoms with Gasteiger partial charge in [0.15, 0.2) is 5.54 Å². The Kier molecular flexibility index (Phi) is 2.43. The Bertz CT molecular complexity index is 684. The molecule has 0 bridgehead atoms. The molecule has 1 heterocycles. The molecule has 1 aromatic carbocycles. The van der Waals surface area contributed by atoms with Crippen LogP contribution in [0.3, 0.4) is 0 Å². The monoisotopic (exact) mass is 264 g/mol. The average Bonchev–Trinajstić information content (AvgIpc) is 2.81. The molecule has 1 aromatic rings. The summed E-state index contributed by atoms with van der Waals surface area (Å²) in [5, 5.41) is 2.78. The summed E-state index contributed by atoms with van der Waals surface area (Å²) >= 11 is 0. The van der Waals surface area contributed by atoms with E-state index in [9.17, 15) is 4.79 Å². The third kappa shape index (κ3) is 1.40. The van der Waals surface area contributed by atoms with Crippen LogP contribution in [0.2, 0.25) is 0 Å². The Balaban J connectivity index is 2.04. The molecule has 2 aliphatic carbocycles. The van der Waals surface area contributed by atoms with Crippen LogP contribution in [0.1, 0.15) is 30.4 Å². The van der Waals surface area contributed by atoms with Crippen LogP contribution in [0.5, 0.6) is 0 Å². The van der Waals surface area contributed by atoms with Crippen molar-refractivity contribution >= 4 is 12.2 Å². The Morgan fingerprint density at radius 3 is 2.90 bits per heavy atom. The maximum atomic E-state index is 12.6. The number of nitrogens with one attached hydrogen (secondary N) is 1. The molecule has 1 N–H and O–H groups in total. The predicted molar refractivity (Wildman–Crippen MR) is 78.5 cm³/mol. The van der Waals surface area contributed by atoms with E-state index in [2.05, 4.69) is 34.6 Å².